The fourth-order valence-electron chi connectivity index (χ4n) is 2.69. The highest BCUT2D eigenvalue weighted by molar-refractivity contribution is 5.49. The lowest BCUT2D eigenvalue weighted by Gasteiger charge is -2.20. The van der Waals surface area contributed by atoms with Crippen molar-refractivity contribution >= 4 is 0 Å². The van der Waals surface area contributed by atoms with Gasteiger partial charge in [-0.1, -0.05) is 18.9 Å². The number of nitrogens with zero attached hydrogens (tertiary/aromatic N) is 1. The topological polar surface area (TPSA) is 42.2 Å². The van der Waals surface area contributed by atoms with Gasteiger partial charge in [0.2, 0.25) is 0 Å². The van der Waals surface area contributed by atoms with Crippen molar-refractivity contribution in [2.45, 2.75) is 37.4 Å². The number of ether oxygens (including phenoxy) is 2. The summed E-state index contributed by atoms with van der Waals surface area (Å²) in [7, 11) is 0. The summed E-state index contributed by atoms with van der Waals surface area (Å²) in [6, 6.07) is 6.95. The lowest BCUT2D eigenvalue weighted by Crippen LogP contribution is -2.26. The average molecular weight is 251 g/mol. The van der Waals surface area contributed by atoms with Crippen LogP contribution in [0.5, 0.6) is 11.5 Å². The number of alkyl halides is 2. The minimum absolute atomic E-state index is 0.0130. The molecule has 1 aliphatic carbocycles. The van der Waals surface area contributed by atoms with Crippen LogP contribution in [0.4, 0.5) is 8.78 Å². The second-order valence-electron chi connectivity index (χ2n) is 4.73. The molecule has 1 aliphatic heterocycles. The van der Waals surface area contributed by atoms with E-state index in [2.05, 4.69) is 15.5 Å². The van der Waals surface area contributed by atoms with Gasteiger partial charge in [-0.2, -0.15) is 5.26 Å². The van der Waals surface area contributed by atoms with Gasteiger partial charge in [0.15, 0.2) is 11.5 Å². The Kier molecular flexibility index (Phi) is 2.24. The van der Waals surface area contributed by atoms with Crippen LogP contribution in [0.25, 0.3) is 0 Å². The minimum Gasteiger partial charge on any atom is -0.395 e. The molecule has 0 saturated heterocycles. The number of nitriles is 1. The monoisotopic (exact) mass is 251 g/mol. The van der Waals surface area contributed by atoms with E-state index in [1.165, 1.54) is 12.1 Å². The van der Waals surface area contributed by atoms with Crippen molar-refractivity contribution in [3.8, 4) is 17.6 Å². The van der Waals surface area contributed by atoms with Gasteiger partial charge in [-0.15, -0.1) is 8.78 Å². The molecule has 3 nitrogen and oxygen atoms in total. The number of rotatable bonds is 1. The van der Waals surface area contributed by atoms with E-state index in [1.807, 2.05) is 0 Å². The average Bonchev–Trinajstić information content (AvgIpc) is 2.90. The van der Waals surface area contributed by atoms with E-state index in [4.69, 9.17) is 0 Å². The molecule has 5 heteroatoms. The molecule has 0 bridgehead atoms. The Labute approximate surface area is 103 Å². The van der Waals surface area contributed by atoms with Crippen LogP contribution < -0.4 is 9.47 Å². The second kappa shape index (κ2) is 3.58. The van der Waals surface area contributed by atoms with E-state index in [0.717, 1.165) is 31.2 Å². The number of hydrogen-bond acceptors (Lipinski definition) is 3. The molecule has 0 aromatic heterocycles. The van der Waals surface area contributed by atoms with E-state index in [-0.39, 0.29) is 11.5 Å². The van der Waals surface area contributed by atoms with Gasteiger partial charge in [0, 0.05) is 0 Å². The molecular weight excluding hydrogens is 240 g/mol. The van der Waals surface area contributed by atoms with E-state index in [0.29, 0.717) is 0 Å². The van der Waals surface area contributed by atoms with Crippen LogP contribution in [-0.4, -0.2) is 6.29 Å². The molecule has 1 aromatic rings. The third-order valence-corrected chi connectivity index (χ3v) is 3.62. The third-order valence-electron chi connectivity index (χ3n) is 3.62. The molecule has 1 heterocycles. The van der Waals surface area contributed by atoms with Crippen LogP contribution >= 0.6 is 0 Å². The Morgan fingerprint density at radius 1 is 1.11 bits per heavy atom. The molecule has 0 N–H and O–H groups in total. The summed E-state index contributed by atoms with van der Waals surface area (Å²) in [6.07, 6.45) is -0.105. The lowest BCUT2D eigenvalue weighted by atomic mass is 9.80. The first-order valence-corrected chi connectivity index (χ1v) is 5.86. The number of fused-ring (bicyclic) bond motifs is 1. The zero-order valence-corrected chi connectivity index (χ0v) is 9.58. The summed E-state index contributed by atoms with van der Waals surface area (Å²) in [6.45, 7) is 0. The first-order valence-electron chi connectivity index (χ1n) is 5.86. The lowest BCUT2D eigenvalue weighted by molar-refractivity contribution is -0.286. The first kappa shape index (κ1) is 11.3. The molecule has 0 atom stereocenters. The van der Waals surface area contributed by atoms with Crippen LogP contribution in [0.1, 0.15) is 31.2 Å². The van der Waals surface area contributed by atoms with Gasteiger partial charge in [0.05, 0.1) is 11.5 Å². The zero-order chi connectivity index (χ0) is 12.8. The quantitative estimate of drug-likeness (QED) is 0.768. The predicted molar refractivity (Wildman–Crippen MR) is 58.4 cm³/mol. The molecule has 18 heavy (non-hydrogen) atoms. The van der Waals surface area contributed by atoms with Crippen LogP contribution in [0, 0.1) is 11.3 Å². The highest BCUT2D eigenvalue weighted by atomic mass is 19.3. The van der Waals surface area contributed by atoms with E-state index >= 15 is 0 Å². The summed E-state index contributed by atoms with van der Waals surface area (Å²) < 4.78 is 34.6. The minimum atomic E-state index is -3.60. The fraction of sp³-hybridized carbons (Fsp3) is 0.462. The van der Waals surface area contributed by atoms with Crippen molar-refractivity contribution in [3.63, 3.8) is 0 Å². The van der Waals surface area contributed by atoms with Crippen LogP contribution in [0.2, 0.25) is 0 Å². The molecule has 0 spiro atoms. The summed E-state index contributed by atoms with van der Waals surface area (Å²) in [5.41, 5.74) is 0.179. The van der Waals surface area contributed by atoms with Gasteiger partial charge in [-0.3, -0.25) is 0 Å². The first-order chi connectivity index (χ1) is 8.55. The van der Waals surface area contributed by atoms with Crippen molar-refractivity contribution in [2.75, 3.05) is 0 Å². The van der Waals surface area contributed by atoms with E-state index in [9.17, 15) is 14.0 Å². The molecule has 2 aliphatic rings. The van der Waals surface area contributed by atoms with E-state index < -0.39 is 11.7 Å². The molecule has 0 unspecified atom stereocenters. The maximum Gasteiger partial charge on any atom is 0.586 e. The predicted octanol–water partition coefficient (Wildman–Crippen LogP) is 3.34. The van der Waals surface area contributed by atoms with Gasteiger partial charge >= 0.3 is 6.29 Å². The number of benzene rings is 1. The van der Waals surface area contributed by atoms with E-state index in [1.54, 1.807) is 6.07 Å². The van der Waals surface area contributed by atoms with Crippen molar-refractivity contribution in [3.05, 3.63) is 23.8 Å². The van der Waals surface area contributed by atoms with Crippen molar-refractivity contribution in [2.24, 2.45) is 0 Å². The van der Waals surface area contributed by atoms with Crippen molar-refractivity contribution in [1.29, 1.82) is 5.26 Å². The molecule has 3 rings (SSSR count). The van der Waals surface area contributed by atoms with Gasteiger partial charge in [0.25, 0.3) is 0 Å². The third kappa shape index (κ3) is 1.60. The molecule has 0 amide bonds. The van der Waals surface area contributed by atoms with Gasteiger partial charge in [-0.05, 0) is 30.5 Å². The fourth-order valence-corrected chi connectivity index (χ4v) is 2.69. The Bertz CT molecular complexity index is 530. The zero-order valence-electron chi connectivity index (χ0n) is 9.58. The standard InChI is InChI=1S/C13H11F2NO2/c14-13(15)17-10-4-3-9(7-11(10)18-13)12(8-16)5-1-2-6-12/h3-4,7H,1-2,5-6H2. The molecule has 94 valence electrons. The normalized spacial score (nSPS) is 22.7. The molecular formula is C13H11F2NO2. The van der Waals surface area contributed by atoms with Gasteiger partial charge in [0.1, 0.15) is 0 Å². The summed E-state index contributed by atoms with van der Waals surface area (Å²) in [5, 5.41) is 9.35. The smallest absolute Gasteiger partial charge is 0.395 e. The maximum absolute atomic E-state index is 12.9. The molecule has 1 saturated carbocycles. The van der Waals surface area contributed by atoms with Crippen molar-refractivity contribution < 1.29 is 18.3 Å². The highest BCUT2D eigenvalue weighted by Crippen LogP contribution is 2.46. The van der Waals surface area contributed by atoms with Gasteiger partial charge in [-0.25, -0.2) is 0 Å². The molecule has 1 aromatic carbocycles. The highest BCUT2D eigenvalue weighted by Gasteiger charge is 2.44. The Morgan fingerprint density at radius 2 is 1.78 bits per heavy atom. The van der Waals surface area contributed by atoms with Crippen LogP contribution in [-0.2, 0) is 5.41 Å². The Hall–Kier alpha value is -1.83. The number of halogens is 2. The summed E-state index contributed by atoms with van der Waals surface area (Å²) in [4.78, 5) is 0. The second-order valence-corrected chi connectivity index (χ2v) is 4.73. The molecule has 0 radical (unpaired) electrons. The maximum atomic E-state index is 12.9. The SMILES string of the molecule is N#CC1(c2ccc3c(c2)OC(F)(F)O3)CCCC1. The number of hydrogen-bond donors (Lipinski definition) is 0. The van der Waals surface area contributed by atoms with Crippen LogP contribution in [0.3, 0.4) is 0 Å². The van der Waals surface area contributed by atoms with Crippen LogP contribution in [0.15, 0.2) is 18.2 Å². The summed E-state index contributed by atoms with van der Waals surface area (Å²) in [5.74, 6) is 0.0360. The Morgan fingerprint density at radius 3 is 2.44 bits per heavy atom. The van der Waals surface area contributed by atoms with Crippen molar-refractivity contribution in [1.82, 2.24) is 0 Å². The largest absolute Gasteiger partial charge is 0.586 e. The summed E-state index contributed by atoms with van der Waals surface area (Å²) >= 11 is 0. The Balaban J connectivity index is 2.00. The molecule has 1 fully saturated rings. The van der Waals surface area contributed by atoms with Gasteiger partial charge < -0.3 is 9.47 Å².